The van der Waals surface area contributed by atoms with Gasteiger partial charge in [0.2, 0.25) is 0 Å². The maximum atomic E-state index is 11.8. The molecule has 1 amide bonds. The molecule has 1 heterocycles. The van der Waals surface area contributed by atoms with Crippen LogP contribution in [0.2, 0.25) is 0 Å². The number of carbonyl (C=O) groups excluding carboxylic acids is 2. The van der Waals surface area contributed by atoms with Crippen LogP contribution in [0.1, 0.15) is 26.5 Å². The van der Waals surface area contributed by atoms with Crippen LogP contribution in [0.25, 0.3) is 0 Å². The Morgan fingerprint density at radius 2 is 1.94 bits per heavy atom. The highest BCUT2D eigenvalue weighted by Gasteiger charge is 2.12. The Bertz CT molecular complexity index is 540. The summed E-state index contributed by atoms with van der Waals surface area (Å²) in [5.41, 5.74) is 1.97. The number of carbonyl (C=O) groups is 2. The minimum Gasteiger partial charge on any atom is -0.459 e. The third kappa shape index (κ3) is 2.42. The maximum absolute atomic E-state index is 11.8. The molecule has 0 aliphatic rings. The normalized spacial score (nSPS) is 9.94. The van der Waals surface area contributed by atoms with Crippen molar-refractivity contribution in [3.05, 3.63) is 53.5 Å². The van der Waals surface area contributed by atoms with Crippen LogP contribution in [0.15, 0.2) is 41.0 Å². The fourth-order valence-corrected chi connectivity index (χ4v) is 1.44. The van der Waals surface area contributed by atoms with Crippen LogP contribution in [0.4, 0.5) is 5.69 Å². The van der Waals surface area contributed by atoms with Gasteiger partial charge >= 0.3 is 0 Å². The van der Waals surface area contributed by atoms with Gasteiger partial charge in [-0.05, 0) is 37.3 Å². The van der Waals surface area contributed by atoms with Crippen molar-refractivity contribution in [2.75, 3.05) is 5.32 Å². The Morgan fingerprint density at radius 1 is 1.24 bits per heavy atom. The van der Waals surface area contributed by atoms with Gasteiger partial charge in [0.15, 0.2) is 5.76 Å². The van der Waals surface area contributed by atoms with E-state index in [1.807, 2.05) is 0 Å². The van der Waals surface area contributed by atoms with Crippen molar-refractivity contribution < 1.29 is 14.0 Å². The number of aryl methyl sites for hydroxylation is 1. The number of aldehydes is 1. The molecule has 2 aromatic rings. The first-order chi connectivity index (χ1) is 8.20. The van der Waals surface area contributed by atoms with Crippen molar-refractivity contribution in [1.29, 1.82) is 0 Å². The predicted molar refractivity (Wildman–Crippen MR) is 63.2 cm³/mol. The summed E-state index contributed by atoms with van der Waals surface area (Å²) in [7, 11) is 0. The van der Waals surface area contributed by atoms with Crippen LogP contribution < -0.4 is 5.32 Å². The molecule has 17 heavy (non-hydrogen) atoms. The zero-order valence-electron chi connectivity index (χ0n) is 9.27. The summed E-state index contributed by atoms with van der Waals surface area (Å²) in [6.45, 7) is 1.80. The molecule has 4 nitrogen and oxygen atoms in total. The molecule has 4 heteroatoms. The van der Waals surface area contributed by atoms with Gasteiger partial charge in [0.1, 0.15) is 6.29 Å². The quantitative estimate of drug-likeness (QED) is 0.823. The number of nitrogens with one attached hydrogen (secondary N) is 1. The highest BCUT2D eigenvalue weighted by molar-refractivity contribution is 6.03. The Balaban J connectivity index is 2.13. The lowest BCUT2D eigenvalue weighted by molar-refractivity contribution is 0.0995. The minimum atomic E-state index is -0.300. The Kier molecular flexibility index (Phi) is 3.05. The van der Waals surface area contributed by atoms with Crippen LogP contribution in [-0.4, -0.2) is 12.2 Å². The lowest BCUT2D eigenvalue weighted by atomic mass is 10.2. The van der Waals surface area contributed by atoms with Gasteiger partial charge in [0.05, 0.1) is 6.26 Å². The Hall–Kier alpha value is -2.36. The molecule has 2 rings (SSSR count). The van der Waals surface area contributed by atoms with Gasteiger partial charge in [-0.15, -0.1) is 0 Å². The van der Waals surface area contributed by atoms with Crippen LogP contribution in [0.3, 0.4) is 0 Å². The smallest absolute Gasteiger partial charge is 0.291 e. The minimum absolute atomic E-state index is 0.296. The van der Waals surface area contributed by atoms with Crippen molar-refractivity contribution in [3.63, 3.8) is 0 Å². The molecular weight excluding hydrogens is 218 g/mol. The molecule has 0 aliphatic heterocycles. The molecule has 0 fully saturated rings. The molecule has 0 spiro atoms. The van der Waals surface area contributed by atoms with Gasteiger partial charge in [-0.2, -0.15) is 0 Å². The van der Waals surface area contributed by atoms with E-state index in [1.54, 1.807) is 37.3 Å². The summed E-state index contributed by atoms with van der Waals surface area (Å²) in [5.74, 6) is -0.00387. The van der Waals surface area contributed by atoms with E-state index >= 15 is 0 Å². The van der Waals surface area contributed by atoms with Crippen LogP contribution >= 0.6 is 0 Å². The Labute approximate surface area is 98.3 Å². The van der Waals surface area contributed by atoms with E-state index in [0.717, 1.165) is 11.8 Å². The van der Waals surface area contributed by atoms with E-state index in [9.17, 15) is 9.59 Å². The molecule has 0 saturated carbocycles. The van der Waals surface area contributed by atoms with Gasteiger partial charge < -0.3 is 9.73 Å². The summed E-state index contributed by atoms with van der Waals surface area (Å²) in [6.07, 6.45) is 2.22. The number of hydrogen-bond donors (Lipinski definition) is 1. The van der Waals surface area contributed by atoms with E-state index in [0.29, 0.717) is 17.0 Å². The highest BCUT2D eigenvalue weighted by atomic mass is 16.3. The van der Waals surface area contributed by atoms with Crippen LogP contribution in [-0.2, 0) is 0 Å². The largest absolute Gasteiger partial charge is 0.459 e. The number of furan rings is 1. The van der Waals surface area contributed by atoms with Crippen LogP contribution in [0, 0.1) is 6.92 Å². The third-order valence-electron chi connectivity index (χ3n) is 2.37. The molecule has 0 bridgehead atoms. The van der Waals surface area contributed by atoms with Gasteiger partial charge in [0.25, 0.3) is 5.91 Å². The molecule has 0 unspecified atom stereocenters. The lowest BCUT2D eigenvalue weighted by Gasteiger charge is -2.03. The average molecular weight is 229 g/mol. The molecule has 0 atom stereocenters. The van der Waals surface area contributed by atoms with E-state index in [1.165, 1.54) is 6.26 Å². The van der Waals surface area contributed by atoms with E-state index < -0.39 is 0 Å². The molecular formula is C13H11NO3. The van der Waals surface area contributed by atoms with Crippen molar-refractivity contribution in [2.45, 2.75) is 6.92 Å². The predicted octanol–water partition coefficient (Wildman–Crippen LogP) is 2.65. The fourth-order valence-electron chi connectivity index (χ4n) is 1.44. The van der Waals surface area contributed by atoms with E-state index in [-0.39, 0.29) is 5.91 Å². The second-order valence-corrected chi connectivity index (χ2v) is 3.63. The van der Waals surface area contributed by atoms with Gasteiger partial charge in [-0.1, -0.05) is 0 Å². The molecule has 86 valence electrons. The standard InChI is InChI=1S/C13H11NO3/c1-9-6-7-17-12(9)13(16)14-11-4-2-10(8-15)3-5-11/h2-8H,1H3,(H,14,16). The summed E-state index contributed by atoms with van der Waals surface area (Å²) in [5, 5.41) is 2.69. The summed E-state index contributed by atoms with van der Waals surface area (Å²) in [4.78, 5) is 22.2. The SMILES string of the molecule is Cc1ccoc1C(=O)Nc1ccc(C=O)cc1. The first-order valence-electron chi connectivity index (χ1n) is 5.11. The monoisotopic (exact) mass is 229 g/mol. The zero-order chi connectivity index (χ0) is 12.3. The molecule has 1 aromatic heterocycles. The second kappa shape index (κ2) is 4.65. The maximum Gasteiger partial charge on any atom is 0.291 e. The van der Waals surface area contributed by atoms with Crippen molar-refractivity contribution >= 4 is 17.9 Å². The number of hydrogen-bond acceptors (Lipinski definition) is 3. The van der Waals surface area contributed by atoms with E-state index in [4.69, 9.17) is 4.42 Å². The molecule has 0 radical (unpaired) electrons. The van der Waals surface area contributed by atoms with Crippen molar-refractivity contribution in [2.24, 2.45) is 0 Å². The topological polar surface area (TPSA) is 59.3 Å². The highest BCUT2D eigenvalue weighted by Crippen LogP contribution is 2.13. The van der Waals surface area contributed by atoms with Gasteiger partial charge in [-0.3, -0.25) is 9.59 Å². The second-order valence-electron chi connectivity index (χ2n) is 3.63. The zero-order valence-corrected chi connectivity index (χ0v) is 9.27. The lowest BCUT2D eigenvalue weighted by Crippen LogP contribution is -2.11. The third-order valence-corrected chi connectivity index (χ3v) is 2.37. The number of amides is 1. The number of rotatable bonds is 3. The summed E-state index contributed by atoms with van der Waals surface area (Å²) < 4.78 is 5.07. The Morgan fingerprint density at radius 3 is 2.47 bits per heavy atom. The molecule has 1 N–H and O–H groups in total. The van der Waals surface area contributed by atoms with Crippen LogP contribution in [0.5, 0.6) is 0 Å². The first-order valence-corrected chi connectivity index (χ1v) is 5.11. The number of benzene rings is 1. The summed E-state index contributed by atoms with van der Waals surface area (Å²) in [6, 6.07) is 8.33. The molecule has 0 aliphatic carbocycles. The van der Waals surface area contributed by atoms with Crippen molar-refractivity contribution in [1.82, 2.24) is 0 Å². The van der Waals surface area contributed by atoms with Gasteiger partial charge in [0, 0.05) is 16.8 Å². The first kappa shape index (κ1) is 11.1. The average Bonchev–Trinajstić information content (AvgIpc) is 2.76. The molecule has 1 aromatic carbocycles. The molecule has 0 saturated heterocycles. The summed E-state index contributed by atoms with van der Waals surface area (Å²) >= 11 is 0. The number of anilines is 1. The van der Waals surface area contributed by atoms with Gasteiger partial charge in [-0.25, -0.2) is 0 Å². The fraction of sp³-hybridized carbons (Fsp3) is 0.0769. The van der Waals surface area contributed by atoms with E-state index in [2.05, 4.69) is 5.32 Å². The van der Waals surface area contributed by atoms with Crippen molar-refractivity contribution in [3.8, 4) is 0 Å².